The fourth-order valence-electron chi connectivity index (χ4n) is 2.31. The number of carbonyl (C=O) groups is 2. The molecule has 9 nitrogen and oxygen atoms in total. The standard InChI is InChI=1S/C19H38N2O7S/c1-15(28-29(8,24)25)11-9-13-21(17(23)27-19(5,6)7)14-10-12-20-16(22)26-18(2,3)4/h15H,9-14H2,1-8H3,(H,20,22). The second-order valence-electron chi connectivity index (χ2n) is 9.00. The van der Waals surface area contributed by atoms with Crippen LogP contribution in [0.25, 0.3) is 0 Å². The van der Waals surface area contributed by atoms with Gasteiger partial charge in [-0.15, -0.1) is 0 Å². The summed E-state index contributed by atoms with van der Waals surface area (Å²) >= 11 is 0. The predicted molar refractivity (Wildman–Crippen MR) is 111 cm³/mol. The average molecular weight is 439 g/mol. The van der Waals surface area contributed by atoms with Gasteiger partial charge in [-0.05, 0) is 67.7 Å². The molecule has 1 atom stereocenters. The van der Waals surface area contributed by atoms with Crippen LogP contribution in [0.4, 0.5) is 9.59 Å². The van der Waals surface area contributed by atoms with Gasteiger partial charge in [0.25, 0.3) is 10.1 Å². The van der Waals surface area contributed by atoms with Gasteiger partial charge in [0.15, 0.2) is 0 Å². The van der Waals surface area contributed by atoms with Crippen LogP contribution in [-0.2, 0) is 23.8 Å². The van der Waals surface area contributed by atoms with Crippen molar-refractivity contribution in [2.75, 3.05) is 25.9 Å². The maximum atomic E-state index is 12.4. The summed E-state index contributed by atoms with van der Waals surface area (Å²) in [4.78, 5) is 25.7. The lowest BCUT2D eigenvalue weighted by molar-refractivity contribution is 0.0239. The predicted octanol–water partition coefficient (Wildman–Crippen LogP) is 3.28. The number of amides is 2. The molecular formula is C19H38N2O7S. The zero-order valence-electron chi connectivity index (χ0n) is 19.0. The van der Waals surface area contributed by atoms with Gasteiger partial charge in [0.05, 0.1) is 12.4 Å². The first kappa shape index (κ1) is 27.5. The van der Waals surface area contributed by atoms with Gasteiger partial charge in [0, 0.05) is 19.6 Å². The molecule has 172 valence electrons. The molecule has 0 heterocycles. The van der Waals surface area contributed by atoms with Crippen LogP contribution in [0, 0.1) is 0 Å². The van der Waals surface area contributed by atoms with E-state index >= 15 is 0 Å². The lowest BCUT2D eigenvalue weighted by atomic mass is 10.2. The molecule has 0 spiro atoms. The van der Waals surface area contributed by atoms with Crippen molar-refractivity contribution in [1.82, 2.24) is 10.2 Å². The maximum Gasteiger partial charge on any atom is 0.410 e. The molecule has 0 saturated carbocycles. The van der Waals surface area contributed by atoms with E-state index < -0.39 is 39.6 Å². The summed E-state index contributed by atoms with van der Waals surface area (Å²) in [5.41, 5.74) is -1.20. The van der Waals surface area contributed by atoms with Crippen LogP contribution in [0.2, 0.25) is 0 Å². The Hall–Kier alpha value is -1.55. The molecule has 29 heavy (non-hydrogen) atoms. The monoisotopic (exact) mass is 438 g/mol. The summed E-state index contributed by atoms with van der Waals surface area (Å²) in [5, 5.41) is 2.66. The Bertz CT molecular complexity index is 621. The second-order valence-corrected chi connectivity index (χ2v) is 10.6. The van der Waals surface area contributed by atoms with E-state index in [0.29, 0.717) is 38.9 Å². The van der Waals surface area contributed by atoms with Crippen LogP contribution in [-0.4, -0.2) is 68.7 Å². The number of rotatable bonds is 10. The van der Waals surface area contributed by atoms with Crippen molar-refractivity contribution in [2.24, 2.45) is 0 Å². The Morgan fingerprint density at radius 2 is 1.48 bits per heavy atom. The zero-order valence-corrected chi connectivity index (χ0v) is 19.8. The Kier molecular flexibility index (Phi) is 11.0. The molecule has 0 aliphatic rings. The summed E-state index contributed by atoms with van der Waals surface area (Å²) in [7, 11) is -3.51. The fraction of sp³-hybridized carbons (Fsp3) is 0.895. The topological polar surface area (TPSA) is 111 Å². The van der Waals surface area contributed by atoms with Crippen LogP contribution in [0.3, 0.4) is 0 Å². The molecule has 0 aromatic heterocycles. The molecule has 2 amide bonds. The van der Waals surface area contributed by atoms with Crippen LogP contribution >= 0.6 is 0 Å². The Morgan fingerprint density at radius 3 is 1.97 bits per heavy atom. The molecule has 1 N–H and O–H groups in total. The van der Waals surface area contributed by atoms with Crippen molar-refractivity contribution in [1.29, 1.82) is 0 Å². The van der Waals surface area contributed by atoms with E-state index in [-0.39, 0.29) is 0 Å². The molecule has 0 saturated heterocycles. The van der Waals surface area contributed by atoms with Crippen molar-refractivity contribution in [3.05, 3.63) is 0 Å². The van der Waals surface area contributed by atoms with E-state index in [0.717, 1.165) is 6.26 Å². The molecular weight excluding hydrogens is 400 g/mol. The van der Waals surface area contributed by atoms with Crippen molar-refractivity contribution in [3.8, 4) is 0 Å². The molecule has 1 unspecified atom stereocenters. The van der Waals surface area contributed by atoms with Crippen molar-refractivity contribution in [2.45, 2.75) is 85.0 Å². The third kappa shape index (κ3) is 17.1. The van der Waals surface area contributed by atoms with Crippen molar-refractivity contribution in [3.63, 3.8) is 0 Å². The highest BCUT2D eigenvalue weighted by Gasteiger charge is 2.22. The fourth-order valence-corrected chi connectivity index (χ4v) is 3.00. The maximum absolute atomic E-state index is 12.4. The number of alkyl carbamates (subject to hydrolysis) is 1. The number of nitrogens with one attached hydrogen (secondary N) is 1. The molecule has 0 aromatic carbocycles. The van der Waals surface area contributed by atoms with Gasteiger partial charge >= 0.3 is 12.2 Å². The van der Waals surface area contributed by atoms with E-state index in [2.05, 4.69) is 5.32 Å². The Balaban J connectivity index is 4.58. The highest BCUT2D eigenvalue weighted by Crippen LogP contribution is 2.12. The molecule has 0 aliphatic carbocycles. The highest BCUT2D eigenvalue weighted by atomic mass is 32.2. The van der Waals surface area contributed by atoms with E-state index in [1.54, 1.807) is 53.4 Å². The molecule has 0 bridgehead atoms. The van der Waals surface area contributed by atoms with Crippen LogP contribution in [0.15, 0.2) is 0 Å². The number of nitrogens with zero attached hydrogens (tertiary/aromatic N) is 1. The zero-order chi connectivity index (χ0) is 22.9. The van der Waals surface area contributed by atoms with Crippen molar-refractivity contribution >= 4 is 22.3 Å². The molecule has 0 aromatic rings. The van der Waals surface area contributed by atoms with Crippen LogP contribution < -0.4 is 5.32 Å². The van der Waals surface area contributed by atoms with Crippen LogP contribution in [0.1, 0.15) is 67.7 Å². The summed E-state index contributed by atoms with van der Waals surface area (Å²) in [6.07, 6.45) is 1.12. The van der Waals surface area contributed by atoms with E-state index in [9.17, 15) is 18.0 Å². The Morgan fingerprint density at radius 1 is 0.966 bits per heavy atom. The first-order chi connectivity index (χ1) is 13.0. The number of hydrogen-bond donors (Lipinski definition) is 1. The van der Waals surface area contributed by atoms with E-state index in [1.165, 1.54) is 0 Å². The van der Waals surface area contributed by atoms with E-state index in [4.69, 9.17) is 13.7 Å². The van der Waals surface area contributed by atoms with Gasteiger partial charge < -0.3 is 19.7 Å². The minimum Gasteiger partial charge on any atom is -0.444 e. The lowest BCUT2D eigenvalue weighted by Gasteiger charge is -2.28. The van der Waals surface area contributed by atoms with Crippen LogP contribution in [0.5, 0.6) is 0 Å². The number of hydrogen-bond acceptors (Lipinski definition) is 7. The Labute approximate surface area is 175 Å². The quantitative estimate of drug-likeness (QED) is 0.411. The first-order valence-electron chi connectivity index (χ1n) is 9.81. The molecule has 0 rings (SSSR count). The SMILES string of the molecule is CC(CCCN(CCCNC(=O)OC(C)(C)C)C(=O)OC(C)(C)C)OS(C)(=O)=O. The van der Waals surface area contributed by atoms with Gasteiger partial charge in [0.1, 0.15) is 11.2 Å². The summed E-state index contributed by atoms with van der Waals surface area (Å²) in [6.45, 7) is 13.5. The minimum atomic E-state index is -3.51. The second kappa shape index (κ2) is 11.6. The molecule has 0 aliphatic heterocycles. The molecule has 0 fully saturated rings. The smallest absolute Gasteiger partial charge is 0.410 e. The number of ether oxygens (including phenoxy) is 2. The third-order valence-corrected chi connectivity index (χ3v) is 3.98. The summed E-state index contributed by atoms with van der Waals surface area (Å²) < 4.78 is 37.8. The van der Waals surface area contributed by atoms with Crippen molar-refractivity contribution < 1.29 is 31.7 Å². The van der Waals surface area contributed by atoms with Gasteiger partial charge in [-0.1, -0.05) is 0 Å². The highest BCUT2D eigenvalue weighted by molar-refractivity contribution is 7.86. The van der Waals surface area contributed by atoms with E-state index in [1.807, 2.05) is 0 Å². The molecule has 10 heteroatoms. The average Bonchev–Trinajstić information content (AvgIpc) is 2.43. The van der Waals surface area contributed by atoms with Gasteiger partial charge in [-0.3, -0.25) is 4.18 Å². The summed E-state index contributed by atoms with van der Waals surface area (Å²) in [6, 6.07) is 0. The summed E-state index contributed by atoms with van der Waals surface area (Å²) in [5.74, 6) is 0. The normalized spacial score (nSPS) is 13.5. The first-order valence-corrected chi connectivity index (χ1v) is 11.6. The largest absolute Gasteiger partial charge is 0.444 e. The minimum absolute atomic E-state index is 0.349. The number of carbonyl (C=O) groups excluding carboxylic acids is 2. The van der Waals surface area contributed by atoms with Gasteiger partial charge in [-0.25, -0.2) is 9.59 Å². The lowest BCUT2D eigenvalue weighted by Crippen LogP contribution is -2.39. The van der Waals surface area contributed by atoms with Gasteiger partial charge in [-0.2, -0.15) is 8.42 Å². The molecule has 0 radical (unpaired) electrons. The van der Waals surface area contributed by atoms with Gasteiger partial charge in [0.2, 0.25) is 0 Å². The third-order valence-electron chi connectivity index (χ3n) is 3.30.